The quantitative estimate of drug-likeness (QED) is 0.481. The molecule has 1 aromatic rings. The first-order valence-electron chi connectivity index (χ1n) is 11.4. The Hall–Kier alpha value is -1.66. The topological polar surface area (TPSA) is 59.9 Å². The smallest absolute Gasteiger partial charge is 0.191 e. The fourth-order valence-corrected chi connectivity index (χ4v) is 4.53. The van der Waals surface area contributed by atoms with Crippen molar-refractivity contribution < 1.29 is 9.50 Å². The lowest BCUT2D eigenvalue weighted by Crippen LogP contribution is -2.49. The van der Waals surface area contributed by atoms with Crippen LogP contribution in [0, 0.1) is 11.7 Å². The lowest BCUT2D eigenvalue weighted by atomic mass is 9.88. The highest BCUT2D eigenvalue weighted by Gasteiger charge is 2.23. The number of rotatable bonds is 7. The average Bonchev–Trinajstić information content (AvgIpc) is 2.74. The van der Waals surface area contributed by atoms with Crippen molar-refractivity contribution in [3.05, 3.63) is 35.6 Å². The van der Waals surface area contributed by atoms with E-state index < -0.39 is 11.9 Å². The Labute approximate surface area is 174 Å². The molecule has 2 aliphatic rings. The first-order chi connectivity index (χ1) is 14.2. The minimum atomic E-state index is -0.941. The molecule has 0 radical (unpaired) electrons. The lowest BCUT2D eigenvalue weighted by Gasteiger charge is -2.36. The van der Waals surface area contributed by atoms with E-state index >= 15 is 0 Å². The number of hydrogen-bond donors (Lipinski definition) is 3. The molecule has 0 amide bonds. The van der Waals surface area contributed by atoms with Gasteiger partial charge in [-0.25, -0.2) is 4.39 Å². The Bertz CT molecular complexity index is 640. The maximum atomic E-state index is 13.8. The minimum absolute atomic E-state index is 0.136. The number of likely N-dealkylation sites (tertiary alicyclic amines) is 1. The van der Waals surface area contributed by atoms with E-state index in [9.17, 15) is 9.50 Å². The molecule has 1 heterocycles. The molecule has 1 aromatic carbocycles. The van der Waals surface area contributed by atoms with Crippen molar-refractivity contribution in [2.45, 2.75) is 64.0 Å². The third kappa shape index (κ3) is 6.96. The van der Waals surface area contributed by atoms with Crippen LogP contribution in [-0.4, -0.2) is 54.7 Å². The summed E-state index contributed by atoms with van der Waals surface area (Å²) in [6.45, 7) is 6.43. The summed E-state index contributed by atoms with van der Waals surface area (Å²) in [5.74, 6) is 1.21. The number of piperidine rings is 1. The maximum absolute atomic E-state index is 13.8. The normalized spacial score (nSPS) is 21.1. The number of nitrogens with one attached hydrogen (secondary N) is 2. The highest BCUT2D eigenvalue weighted by atomic mass is 19.1. The van der Waals surface area contributed by atoms with E-state index in [1.165, 1.54) is 44.7 Å². The van der Waals surface area contributed by atoms with Crippen molar-refractivity contribution in [1.82, 2.24) is 15.5 Å². The van der Waals surface area contributed by atoms with Crippen molar-refractivity contribution in [3.63, 3.8) is 0 Å². The molecule has 1 saturated heterocycles. The number of halogens is 1. The van der Waals surface area contributed by atoms with Gasteiger partial charge in [0.25, 0.3) is 0 Å². The van der Waals surface area contributed by atoms with Gasteiger partial charge < -0.3 is 20.6 Å². The minimum Gasteiger partial charge on any atom is -0.386 e. The summed E-state index contributed by atoms with van der Waals surface area (Å²) in [5, 5.41) is 17.1. The Kier molecular flexibility index (Phi) is 8.74. The molecule has 0 spiro atoms. The number of guanidine groups is 1. The van der Waals surface area contributed by atoms with Gasteiger partial charge in [0.15, 0.2) is 5.96 Å². The van der Waals surface area contributed by atoms with Gasteiger partial charge in [0.2, 0.25) is 0 Å². The summed E-state index contributed by atoms with van der Waals surface area (Å²) in [5.41, 5.74) is 0.295. The predicted octanol–water partition coefficient (Wildman–Crippen LogP) is 3.46. The number of aliphatic imine (C=N–C) groups is 1. The van der Waals surface area contributed by atoms with Crippen molar-refractivity contribution in [2.75, 3.05) is 32.7 Å². The van der Waals surface area contributed by atoms with Gasteiger partial charge >= 0.3 is 0 Å². The molecule has 6 heteroatoms. The van der Waals surface area contributed by atoms with Gasteiger partial charge in [-0.2, -0.15) is 0 Å². The molecule has 1 aliphatic heterocycles. The van der Waals surface area contributed by atoms with E-state index in [4.69, 9.17) is 0 Å². The fraction of sp³-hybridized carbons (Fsp3) is 0.696. The molecular weight excluding hydrogens is 367 g/mol. The van der Waals surface area contributed by atoms with Crippen LogP contribution in [0.15, 0.2) is 29.3 Å². The molecular formula is C23H37FN4O. The van der Waals surface area contributed by atoms with Crippen LogP contribution >= 0.6 is 0 Å². The van der Waals surface area contributed by atoms with Crippen LogP contribution in [0.4, 0.5) is 4.39 Å². The number of hydrogen-bond acceptors (Lipinski definition) is 3. The second kappa shape index (κ2) is 11.5. The van der Waals surface area contributed by atoms with Crippen LogP contribution in [0.25, 0.3) is 0 Å². The number of aliphatic hydroxyl groups is 1. The number of benzene rings is 1. The summed E-state index contributed by atoms with van der Waals surface area (Å²) in [4.78, 5) is 7.13. The van der Waals surface area contributed by atoms with Gasteiger partial charge in [0, 0.05) is 37.8 Å². The molecule has 2 fully saturated rings. The van der Waals surface area contributed by atoms with Gasteiger partial charge in [0.05, 0.1) is 6.54 Å². The molecule has 1 atom stereocenters. The Morgan fingerprint density at radius 1 is 1.17 bits per heavy atom. The van der Waals surface area contributed by atoms with Gasteiger partial charge in [-0.3, -0.25) is 4.99 Å². The van der Waals surface area contributed by atoms with Gasteiger partial charge in [-0.05, 0) is 44.6 Å². The molecule has 5 nitrogen and oxygen atoms in total. The summed E-state index contributed by atoms with van der Waals surface area (Å²) in [7, 11) is 0. The van der Waals surface area contributed by atoms with E-state index in [-0.39, 0.29) is 6.54 Å². The molecule has 29 heavy (non-hydrogen) atoms. The van der Waals surface area contributed by atoms with Crippen LogP contribution in [0.3, 0.4) is 0 Å². The first-order valence-corrected chi connectivity index (χ1v) is 11.4. The SMILES string of the molecule is CCNC(=NCC(O)c1ccccc1F)NC1CCN(CC2CCCCC2)CC1. The van der Waals surface area contributed by atoms with Crippen molar-refractivity contribution >= 4 is 5.96 Å². The van der Waals surface area contributed by atoms with Crippen molar-refractivity contribution in [2.24, 2.45) is 10.9 Å². The summed E-state index contributed by atoms with van der Waals surface area (Å²) < 4.78 is 13.8. The largest absolute Gasteiger partial charge is 0.386 e. The summed E-state index contributed by atoms with van der Waals surface area (Å²) >= 11 is 0. The zero-order chi connectivity index (χ0) is 20.5. The molecule has 3 rings (SSSR count). The number of nitrogens with zero attached hydrogens (tertiary/aromatic N) is 2. The van der Waals surface area contributed by atoms with Gasteiger partial charge in [-0.15, -0.1) is 0 Å². The fourth-order valence-electron chi connectivity index (χ4n) is 4.53. The standard InChI is InChI=1S/C23H37FN4O/c1-2-25-23(26-16-22(29)20-10-6-7-11-21(20)24)27-19-12-14-28(15-13-19)17-18-8-4-3-5-9-18/h6-7,10-11,18-19,22,29H,2-5,8-9,12-17H2,1H3,(H2,25,26,27). The second-order valence-corrected chi connectivity index (χ2v) is 8.48. The predicted molar refractivity (Wildman–Crippen MR) is 117 cm³/mol. The third-order valence-corrected chi connectivity index (χ3v) is 6.20. The summed E-state index contributed by atoms with van der Waals surface area (Å²) in [6.07, 6.45) is 8.30. The highest BCUT2D eigenvalue weighted by Crippen LogP contribution is 2.25. The molecule has 3 N–H and O–H groups in total. The Morgan fingerprint density at radius 3 is 2.59 bits per heavy atom. The zero-order valence-corrected chi connectivity index (χ0v) is 17.7. The van der Waals surface area contributed by atoms with Gasteiger partial charge in [-0.1, -0.05) is 37.5 Å². The Morgan fingerprint density at radius 2 is 1.90 bits per heavy atom. The van der Waals surface area contributed by atoms with Crippen LogP contribution in [0.5, 0.6) is 0 Å². The summed E-state index contributed by atoms with van der Waals surface area (Å²) in [6, 6.07) is 6.72. The zero-order valence-electron chi connectivity index (χ0n) is 17.7. The molecule has 1 saturated carbocycles. The van der Waals surface area contributed by atoms with E-state index in [2.05, 4.69) is 20.5 Å². The number of aliphatic hydroxyl groups excluding tert-OH is 1. The highest BCUT2D eigenvalue weighted by molar-refractivity contribution is 5.80. The van der Waals surface area contributed by atoms with Crippen molar-refractivity contribution in [1.29, 1.82) is 0 Å². The molecule has 1 unspecified atom stereocenters. The van der Waals surface area contributed by atoms with Crippen LogP contribution in [-0.2, 0) is 0 Å². The van der Waals surface area contributed by atoms with Crippen LogP contribution in [0.1, 0.15) is 63.5 Å². The van der Waals surface area contributed by atoms with E-state index in [1.54, 1.807) is 18.2 Å². The van der Waals surface area contributed by atoms with Crippen molar-refractivity contribution in [3.8, 4) is 0 Å². The first kappa shape index (κ1) is 22.0. The molecule has 162 valence electrons. The molecule has 0 bridgehead atoms. The second-order valence-electron chi connectivity index (χ2n) is 8.48. The monoisotopic (exact) mass is 404 g/mol. The Balaban J connectivity index is 1.46. The van der Waals surface area contributed by atoms with Gasteiger partial charge in [0.1, 0.15) is 11.9 Å². The van der Waals surface area contributed by atoms with Crippen LogP contribution < -0.4 is 10.6 Å². The average molecular weight is 405 g/mol. The maximum Gasteiger partial charge on any atom is 0.191 e. The third-order valence-electron chi connectivity index (χ3n) is 6.20. The van der Waals surface area contributed by atoms with E-state index in [0.29, 0.717) is 17.6 Å². The molecule has 0 aromatic heterocycles. The van der Waals surface area contributed by atoms with E-state index in [0.717, 1.165) is 38.4 Å². The molecule has 1 aliphatic carbocycles. The van der Waals surface area contributed by atoms with E-state index in [1.807, 2.05) is 6.92 Å². The lowest BCUT2D eigenvalue weighted by molar-refractivity contribution is 0.160. The van der Waals surface area contributed by atoms with Crippen LogP contribution in [0.2, 0.25) is 0 Å².